The number of pyridine rings is 1. The number of nitrogens with zero attached hydrogens (tertiary/aromatic N) is 1. The fraction of sp³-hybridized carbons (Fsp3) is 0.200. The van der Waals surface area contributed by atoms with Crippen molar-refractivity contribution in [1.29, 1.82) is 0 Å². The minimum atomic E-state index is -0.541. The third-order valence-corrected chi connectivity index (χ3v) is 2.96. The molecule has 1 atom stereocenters. The number of primary amides is 1. The van der Waals surface area contributed by atoms with Crippen LogP contribution in [0.25, 0.3) is 0 Å². The van der Waals surface area contributed by atoms with Crippen molar-refractivity contribution in [2.24, 2.45) is 5.73 Å². The van der Waals surface area contributed by atoms with Crippen LogP contribution in [-0.2, 0) is 11.3 Å². The lowest BCUT2D eigenvalue weighted by atomic mass is 10.1. The van der Waals surface area contributed by atoms with Crippen LogP contribution in [0.4, 0.5) is 0 Å². The zero-order chi connectivity index (χ0) is 14.4. The van der Waals surface area contributed by atoms with Crippen LogP contribution < -0.4 is 15.8 Å². The van der Waals surface area contributed by atoms with Crippen LogP contribution in [0.2, 0.25) is 0 Å². The van der Waals surface area contributed by atoms with Crippen molar-refractivity contribution in [1.82, 2.24) is 10.3 Å². The molecule has 1 amide bonds. The van der Waals surface area contributed by atoms with Crippen LogP contribution in [0.3, 0.4) is 0 Å². The largest absolute Gasteiger partial charge is 0.481 e. The van der Waals surface area contributed by atoms with Gasteiger partial charge in [0, 0.05) is 18.3 Å². The smallest absolute Gasteiger partial charge is 0.239 e. The van der Waals surface area contributed by atoms with Crippen LogP contribution >= 0.6 is 0 Å². The first-order valence-corrected chi connectivity index (χ1v) is 6.28. The van der Waals surface area contributed by atoms with Crippen LogP contribution in [0, 0.1) is 0 Å². The average Bonchev–Trinajstić information content (AvgIpc) is 2.48. The lowest BCUT2D eigenvalue weighted by molar-refractivity contribution is -0.120. The molecule has 0 aliphatic heterocycles. The van der Waals surface area contributed by atoms with Gasteiger partial charge in [-0.1, -0.05) is 36.4 Å². The zero-order valence-electron chi connectivity index (χ0n) is 11.2. The molecule has 0 saturated heterocycles. The minimum Gasteiger partial charge on any atom is -0.481 e. The van der Waals surface area contributed by atoms with E-state index in [4.69, 9.17) is 10.5 Å². The second-order valence-corrected chi connectivity index (χ2v) is 4.30. The van der Waals surface area contributed by atoms with E-state index in [0.717, 1.165) is 11.1 Å². The van der Waals surface area contributed by atoms with Crippen molar-refractivity contribution < 1.29 is 9.53 Å². The molecule has 0 bridgehead atoms. The van der Waals surface area contributed by atoms with E-state index < -0.39 is 11.9 Å². The number of carbonyl (C=O) groups excluding carboxylic acids is 1. The highest BCUT2D eigenvalue weighted by molar-refractivity contribution is 5.81. The first-order valence-electron chi connectivity index (χ1n) is 6.28. The maximum atomic E-state index is 11.6. The van der Waals surface area contributed by atoms with Gasteiger partial charge in [0.25, 0.3) is 0 Å². The summed E-state index contributed by atoms with van der Waals surface area (Å²) in [6.45, 7) is 0.444. The summed E-state index contributed by atoms with van der Waals surface area (Å²) in [5.41, 5.74) is 7.16. The number of amides is 1. The number of nitrogens with one attached hydrogen (secondary N) is 1. The van der Waals surface area contributed by atoms with E-state index >= 15 is 0 Å². The number of aromatic nitrogens is 1. The Morgan fingerprint density at radius 3 is 2.70 bits per heavy atom. The Morgan fingerprint density at radius 2 is 2.05 bits per heavy atom. The maximum absolute atomic E-state index is 11.6. The number of nitrogens with two attached hydrogens (primary N) is 1. The Bertz CT molecular complexity index is 572. The molecule has 5 nitrogen and oxygen atoms in total. The average molecular weight is 271 g/mol. The zero-order valence-corrected chi connectivity index (χ0v) is 11.2. The Balaban J connectivity index is 2.12. The minimum absolute atomic E-state index is 0.418. The summed E-state index contributed by atoms with van der Waals surface area (Å²) in [5, 5.41) is 3.13. The Hall–Kier alpha value is -2.40. The highest BCUT2D eigenvalue weighted by atomic mass is 16.5. The van der Waals surface area contributed by atoms with Crippen molar-refractivity contribution in [3.8, 4) is 5.88 Å². The molecule has 0 spiro atoms. The quantitative estimate of drug-likeness (QED) is 0.832. The summed E-state index contributed by atoms with van der Waals surface area (Å²) in [7, 11) is 1.56. The van der Waals surface area contributed by atoms with Gasteiger partial charge in [-0.15, -0.1) is 0 Å². The molecule has 1 aromatic carbocycles. The van der Waals surface area contributed by atoms with E-state index in [1.54, 1.807) is 13.3 Å². The first-order chi connectivity index (χ1) is 9.72. The first kappa shape index (κ1) is 14.0. The van der Waals surface area contributed by atoms with Gasteiger partial charge in [0.2, 0.25) is 11.8 Å². The molecule has 1 unspecified atom stereocenters. The standard InChI is InChI=1S/C15H17N3O2/c1-20-15-12(8-5-9-17-15)10-18-13(14(16)19)11-6-3-2-4-7-11/h2-9,13,18H,10H2,1H3,(H2,16,19). The third kappa shape index (κ3) is 3.33. The molecule has 1 heterocycles. The van der Waals surface area contributed by atoms with Gasteiger partial charge in [-0.2, -0.15) is 0 Å². The van der Waals surface area contributed by atoms with Crippen molar-refractivity contribution >= 4 is 5.91 Å². The molecule has 3 N–H and O–H groups in total. The van der Waals surface area contributed by atoms with E-state index in [2.05, 4.69) is 10.3 Å². The lowest BCUT2D eigenvalue weighted by Crippen LogP contribution is -2.33. The molecule has 0 aliphatic carbocycles. The van der Waals surface area contributed by atoms with Crippen molar-refractivity contribution in [3.05, 3.63) is 59.8 Å². The van der Waals surface area contributed by atoms with Crippen LogP contribution in [0.15, 0.2) is 48.7 Å². The second-order valence-electron chi connectivity index (χ2n) is 4.30. The monoisotopic (exact) mass is 271 g/mol. The van der Waals surface area contributed by atoms with Crippen LogP contribution in [0.1, 0.15) is 17.2 Å². The fourth-order valence-electron chi connectivity index (χ4n) is 1.98. The number of benzene rings is 1. The van der Waals surface area contributed by atoms with Crippen molar-refractivity contribution in [2.75, 3.05) is 7.11 Å². The molecular weight excluding hydrogens is 254 g/mol. The van der Waals surface area contributed by atoms with Gasteiger partial charge >= 0.3 is 0 Å². The topological polar surface area (TPSA) is 77.2 Å². The lowest BCUT2D eigenvalue weighted by Gasteiger charge is -2.16. The fourth-order valence-corrected chi connectivity index (χ4v) is 1.98. The van der Waals surface area contributed by atoms with E-state index in [-0.39, 0.29) is 0 Å². The Morgan fingerprint density at radius 1 is 1.30 bits per heavy atom. The predicted octanol–water partition coefficient (Wildman–Crippen LogP) is 1.41. The van der Waals surface area contributed by atoms with Crippen molar-refractivity contribution in [2.45, 2.75) is 12.6 Å². The number of methoxy groups -OCH3 is 1. The Labute approximate surface area is 117 Å². The van der Waals surface area contributed by atoms with E-state index in [9.17, 15) is 4.79 Å². The van der Waals surface area contributed by atoms with Gasteiger partial charge in [-0.3, -0.25) is 10.1 Å². The number of ether oxygens (including phenoxy) is 1. The van der Waals surface area contributed by atoms with Crippen LogP contribution in [0.5, 0.6) is 5.88 Å². The molecule has 0 saturated carbocycles. The number of hydrogen-bond acceptors (Lipinski definition) is 4. The second kappa shape index (κ2) is 6.68. The van der Waals surface area contributed by atoms with Gasteiger partial charge in [0.15, 0.2) is 0 Å². The normalized spacial score (nSPS) is 11.8. The predicted molar refractivity (Wildman–Crippen MR) is 76.0 cm³/mol. The summed E-state index contributed by atoms with van der Waals surface area (Å²) >= 11 is 0. The van der Waals surface area contributed by atoms with E-state index in [1.807, 2.05) is 42.5 Å². The molecule has 2 rings (SSSR count). The summed E-state index contributed by atoms with van der Waals surface area (Å²) in [6, 6.07) is 12.5. The van der Waals surface area contributed by atoms with Gasteiger partial charge in [-0.25, -0.2) is 4.98 Å². The number of carbonyl (C=O) groups is 1. The molecule has 2 aromatic rings. The molecule has 104 valence electrons. The van der Waals surface area contributed by atoms with Crippen molar-refractivity contribution in [3.63, 3.8) is 0 Å². The number of hydrogen-bond donors (Lipinski definition) is 2. The number of rotatable bonds is 6. The van der Waals surface area contributed by atoms with E-state index in [0.29, 0.717) is 12.4 Å². The van der Waals surface area contributed by atoms with Crippen LogP contribution in [-0.4, -0.2) is 18.0 Å². The molecular formula is C15H17N3O2. The molecule has 5 heteroatoms. The Kier molecular flexibility index (Phi) is 4.68. The van der Waals surface area contributed by atoms with Gasteiger partial charge in [-0.05, 0) is 11.6 Å². The summed E-state index contributed by atoms with van der Waals surface area (Å²) < 4.78 is 5.18. The highest BCUT2D eigenvalue weighted by Gasteiger charge is 2.17. The highest BCUT2D eigenvalue weighted by Crippen LogP contribution is 2.17. The SMILES string of the molecule is COc1ncccc1CNC(C(N)=O)c1ccccc1. The van der Waals surface area contributed by atoms with Gasteiger partial charge in [0.05, 0.1) is 7.11 Å². The third-order valence-electron chi connectivity index (χ3n) is 2.96. The summed E-state index contributed by atoms with van der Waals surface area (Å²) in [4.78, 5) is 15.7. The molecule has 0 aliphatic rings. The summed E-state index contributed by atoms with van der Waals surface area (Å²) in [6.07, 6.45) is 1.66. The summed E-state index contributed by atoms with van der Waals surface area (Å²) in [5.74, 6) is 0.121. The molecule has 0 radical (unpaired) electrons. The molecule has 20 heavy (non-hydrogen) atoms. The molecule has 1 aromatic heterocycles. The van der Waals surface area contributed by atoms with Gasteiger partial charge in [0.1, 0.15) is 6.04 Å². The molecule has 0 fully saturated rings. The van der Waals surface area contributed by atoms with E-state index in [1.165, 1.54) is 0 Å². The maximum Gasteiger partial charge on any atom is 0.239 e. The van der Waals surface area contributed by atoms with Gasteiger partial charge < -0.3 is 10.5 Å².